The fourth-order valence-corrected chi connectivity index (χ4v) is 1.42. The standard InChI is InChI=1S/C7H8OS/c1-6-4-7(2-3-8)5-9-6/h3-5H,2H2,1H3. The molecule has 0 radical (unpaired) electrons. The van der Waals surface area contributed by atoms with Crippen molar-refractivity contribution in [1.82, 2.24) is 0 Å². The number of hydrogen-bond donors (Lipinski definition) is 0. The highest BCUT2D eigenvalue weighted by Crippen LogP contribution is 2.12. The Morgan fingerprint density at radius 1 is 1.78 bits per heavy atom. The topological polar surface area (TPSA) is 17.1 Å². The molecule has 2 heteroatoms. The summed E-state index contributed by atoms with van der Waals surface area (Å²) in [6.07, 6.45) is 1.49. The van der Waals surface area contributed by atoms with E-state index in [-0.39, 0.29) is 0 Å². The molecule has 0 saturated heterocycles. The highest BCUT2D eigenvalue weighted by Gasteiger charge is 1.92. The minimum absolute atomic E-state index is 0.560. The van der Waals surface area contributed by atoms with Crippen LogP contribution in [0.25, 0.3) is 0 Å². The van der Waals surface area contributed by atoms with Gasteiger partial charge in [-0.3, -0.25) is 0 Å². The molecule has 1 rings (SSSR count). The summed E-state index contributed by atoms with van der Waals surface area (Å²) < 4.78 is 0. The predicted octanol–water partition coefficient (Wildman–Crippen LogP) is 1.80. The van der Waals surface area contributed by atoms with Crippen LogP contribution in [0.3, 0.4) is 0 Å². The Labute approximate surface area is 58.3 Å². The number of aldehydes is 1. The second-order valence-corrected chi connectivity index (χ2v) is 3.05. The molecule has 0 atom stereocenters. The third-order valence-corrected chi connectivity index (χ3v) is 2.01. The molecule has 0 aromatic carbocycles. The van der Waals surface area contributed by atoms with E-state index in [0.717, 1.165) is 11.8 Å². The van der Waals surface area contributed by atoms with Gasteiger partial charge in [-0.05, 0) is 23.9 Å². The molecule has 1 aromatic heterocycles. The number of rotatable bonds is 2. The maximum absolute atomic E-state index is 9.99. The first-order chi connectivity index (χ1) is 4.33. The highest BCUT2D eigenvalue weighted by molar-refractivity contribution is 7.10. The molecule has 0 aliphatic carbocycles. The van der Waals surface area contributed by atoms with Gasteiger partial charge in [0, 0.05) is 11.3 Å². The summed E-state index contributed by atoms with van der Waals surface area (Å²) in [6.45, 7) is 2.04. The normalized spacial score (nSPS) is 9.44. The number of aryl methyl sites for hydroxylation is 1. The molecule has 1 nitrogen and oxygen atoms in total. The van der Waals surface area contributed by atoms with Gasteiger partial charge in [-0.25, -0.2) is 0 Å². The third-order valence-electron chi connectivity index (χ3n) is 1.10. The van der Waals surface area contributed by atoms with E-state index in [9.17, 15) is 4.79 Å². The van der Waals surface area contributed by atoms with Gasteiger partial charge >= 0.3 is 0 Å². The molecule has 9 heavy (non-hydrogen) atoms. The van der Waals surface area contributed by atoms with Crippen molar-refractivity contribution in [3.05, 3.63) is 21.9 Å². The molecule has 0 bridgehead atoms. The van der Waals surface area contributed by atoms with Crippen molar-refractivity contribution in [2.24, 2.45) is 0 Å². The van der Waals surface area contributed by atoms with Gasteiger partial charge in [0.1, 0.15) is 6.29 Å². The van der Waals surface area contributed by atoms with E-state index >= 15 is 0 Å². The fourth-order valence-electron chi connectivity index (χ4n) is 0.701. The second-order valence-electron chi connectivity index (χ2n) is 1.94. The van der Waals surface area contributed by atoms with Gasteiger partial charge in [0.05, 0.1) is 0 Å². The summed E-state index contributed by atoms with van der Waals surface area (Å²) in [5.41, 5.74) is 1.13. The molecule has 0 aliphatic rings. The van der Waals surface area contributed by atoms with Crippen molar-refractivity contribution in [2.45, 2.75) is 13.3 Å². The van der Waals surface area contributed by atoms with Gasteiger partial charge < -0.3 is 4.79 Å². The van der Waals surface area contributed by atoms with Crippen LogP contribution in [0.15, 0.2) is 11.4 Å². The second kappa shape index (κ2) is 2.78. The van der Waals surface area contributed by atoms with Crippen molar-refractivity contribution in [3.63, 3.8) is 0 Å². The van der Waals surface area contributed by atoms with Crippen LogP contribution in [0, 0.1) is 6.92 Å². The van der Waals surface area contributed by atoms with Crippen LogP contribution in [-0.2, 0) is 11.2 Å². The average Bonchev–Trinajstić information content (AvgIpc) is 2.17. The molecule has 0 amide bonds. The van der Waals surface area contributed by atoms with Crippen LogP contribution in [0.4, 0.5) is 0 Å². The highest BCUT2D eigenvalue weighted by atomic mass is 32.1. The van der Waals surface area contributed by atoms with Crippen molar-refractivity contribution >= 4 is 17.6 Å². The Bertz CT molecular complexity index is 202. The van der Waals surface area contributed by atoms with Crippen molar-refractivity contribution in [2.75, 3.05) is 0 Å². The zero-order valence-electron chi connectivity index (χ0n) is 5.26. The molecule has 48 valence electrons. The molecule has 0 N–H and O–H groups in total. The van der Waals surface area contributed by atoms with E-state index in [1.807, 2.05) is 18.4 Å². The largest absolute Gasteiger partial charge is 0.303 e. The van der Waals surface area contributed by atoms with Crippen LogP contribution in [-0.4, -0.2) is 6.29 Å². The molecule has 1 aromatic rings. The van der Waals surface area contributed by atoms with Gasteiger partial charge in [0.25, 0.3) is 0 Å². The molecule has 0 aliphatic heterocycles. The minimum atomic E-state index is 0.560. The van der Waals surface area contributed by atoms with Crippen molar-refractivity contribution in [3.8, 4) is 0 Å². The van der Waals surface area contributed by atoms with Crippen LogP contribution in [0.1, 0.15) is 10.4 Å². The Morgan fingerprint density at radius 3 is 3.00 bits per heavy atom. The van der Waals surface area contributed by atoms with Gasteiger partial charge in [-0.2, -0.15) is 0 Å². The van der Waals surface area contributed by atoms with Crippen LogP contribution in [0.5, 0.6) is 0 Å². The quantitative estimate of drug-likeness (QED) is 0.572. The lowest BCUT2D eigenvalue weighted by Crippen LogP contribution is -1.78. The molecular weight excluding hydrogens is 132 g/mol. The Morgan fingerprint density at radius 2 is 2.56 bits per heavy atom. The van der Waals surface area contributed by atoms with E-state index in [1.54, 1.807) is 11.3 Å². The molecular formula is C7H8OS. The van der Waals surface area contributed by atoms with E-state index in [0.29, 0.717) is 6.42 Å². The first-order valence-corrected chi connectivity index (χ1v) is 3.68. The number of thiophene rings is 1. The smallest absolute Gasteiger partial charge is 0.124 e. The zero-order chi connectivity index (χ0) is 6.69. The molecule has 0 unspecified atom stereocenters. The summed E-state index contributed by atoms with van der Waals surface area (Å²) in [5.74, 6) is 0. The van der Waals surface area contributed by atoms with E-state index in [2.05, 4.69) is 0 Å². The lowest BCUT2D eigenvalue weighted by atomic mass is 10.2. The monoisotopic (exact) mass is 140 g/mol. The number of carbonyl (C=O) groups excluding carboxylic acids is 1. The third kappa shape index (κ3) is 1.64. The lowest BCUT2D eigenvalue weighted by molar-refractivity contribution is -0.107. The zero-order valence-corrected chi connectivity index (χ0v) is 6.07. The maximum atomic E-state index is 9.99. The summed E-state index contributed by atoms with van der Waals surface area (Å²) >= 11 is 1.69. The number of hydrogen-bond acceptors (Lipinski definition) is 2. The van der Waals surface area contributed by atoms with E-state index in [1.165, 1.54) is 4.88 Å². The Balaban J connectivity index is 2.72. The average molecular weight is 140 g/mol. The van der Waals surface area contributed by atoms with E-state index < -0.39 is 0 Å². The van der Waals surface area contributed by atoms with E-state index in [4.69, 9.17) is 0 Å². The maximum Gasteiger partial charge on any atom is 0.124 e. The summed E-state index contributed by atoms with van der Waals surface area (Å²) in [6, 6.07) is 2.04. The van der Waals surface area contributed by atoms with Crippen molar-refractivity contribution < 1.29 is 4.79 Å². The fraction of sp³-hybridized carbons (Fsp3) is 0.286. The summed E-state index contributed by atoms with van der Waals surface area (Å²) in [7, 11) is 0. The van der Waals surface area contributed by atoms with Gasteiger partial charge in [0.2, 0.25) is 0 Å². The first kappa shape index (κ1) is 6.49. The van der Waals surface area contributed by atoms with Crippen molar-refractivity contribution in [1.29, 1.82) is 0 Å². The number of carbonyl (C=O) groups is 1. The SMILES string of the molecule is Cc1cc(CC=O)cs1. The van der Waals surface area contributed by atoms with Gasteiger partial charge in [-0.1, -0.05) is 0 Å². The first-order valence-electron chi connectivity index (χ1n) is 2.80. The van der Waals surface area contributed by atoms with Crippen LogP contribution >= 0.6 is 11.3 Å². The van der Waals surface area contributed by atoms with Gasteiger partial charge in [0.15, 0.2) is 0 Å². The molecule has 1 heterocycles. The summed E-state index contributed by atoms with van der Waals surface area (Å²) in [4.78, 5) is 11.3. The van der Waals surface area contributed by atoms with Crippen LogP contribution in [0.2, 0.25) is 0 Å². The molecule has 0 spiro atoms. The minimum Gasteiger partial charge on any atom is -0.303 e. The Hall–Kier alpha value is -0.630. The lowest BCUT2D eigenvalue weighted by Gasteiger charge is -1.79. The van der Waals surface area contributed by atoms with Gasteiger partial charge in [-0.15, -0.1) is 11.3 Å². The molecule has 0 saturated carbocycles. The van der Waals surface area contributed by atoms with Crippen LogP contribution < -0.4 is 0 Å². The molecule has 0 fully saturated rings. The Kier molecular flexibility index (Phi) is 2.01. The summed E-state index contributed by atoms with van der Waals surface area (Å²) in [5, 5.41) is 2.02. The predicted molar refractivity (Wildman–Crippen MR) is 38.8 cm³/mol.